The van der Waals surface area contributed by atoms with Crippen LogP contribution in [0.4, 0.5) is 0 Å². The molecule has 0 rings (SSSR count). The van der Waals surface area contributed by atoms with Gasteiger partial charge >= 0.3 is 0 Å². The zero-order chi connectivity index (χ0) is 17.6. The molecule has 2 unspecified atom stereocenters. The second-order valence-electron chi connectivity index (χ2n) is 4.73. The monoisotopic (exact) mass is 360 g/mol. The average Bonchev–Trinajstić information content (AvgIpc) is 2.10. The number of allylic oxidation sites excluding steroid dienone is 4. The van der Waals surface area contributed by atoms with Crippen LogP contribution in [0, 0.1) is 0 Å². The minimum absolute atomic E-state index is 0. The van der Waals surface area contributed by atoms with E-state index in [1.54, 1.807) is 13.8 Å². The standard InChI is InChI=1S/C5H12O2.2C5H8O2.Fe/c3*1-4(6)3-5(2)7;/h4-7H,3H2,1-2H3;2*3,6H,1-2H3;/b;2*4-3-;. The molecule has 4 N–H and O–H groups in total. The van der Waals surface area contributed by atoms with E-state index in [2.05, 4.69) is 0 Å². The molecule has 0 radical (unpaired) electrons. The smallest absolute Gasteiger partial charge is 0.155 e. The molecule has 22 heavy (non-hydrogen) atoms. The number of aliphatic hydroxyl groups excluding tert-OH is 4. The van der Waals surface area contributed by atoms with Gasteiger partial charge in [0.05, 0.1) is 23.7 Å². The Labute approximate surface area is 143 Å². The third-order valence-electron chi connectivity index (χ3n) is 1.51. The first kappa shape index (κ1) is 28.9. The summed E-state index contributed by atoms with van der Waals surface area (Å²) in [4.78, 5) is 20.0. The van der Waals surface area contributed by atoms with Gasteiger partial charge in [0.25, 0.3) is 0 Å². The fourth-order valence-electron chi connectivity index (χ4n) is 1.08. The average molecular weight is 360 g/mol. The van der Waals surface area contributed by atoms with E-state index in [4.69, 9.17) is 20.4 Å². The predicted octanol–water partition coefficient (Wildman–Crippen LogP) is 2.21. The number of hydrogen-bond acceptors (Lipinski definition) is 6. The van der Waals surface area contributed by atoms with E-state index >= 15 is 0 Å². The van der Waals surface area contributed by atoms with Crippen molar-refractivity contribution >= 4 is 11.6 Å². The second-order valence-corrected chi connectivity index (χ2v) is 4.73. The van der Waals surface area contributed by atoms with Crippen molar-refractivity contribution in [3.05, 3.63) is 23.7 Å². The van der Waals surface area contributed by atoms with Crippen LogP contribution in [0.2, 0.25) is 0 Å². The van der Waals surface area contributed by atoms with Crippen LogP contribution in [0.5, 0.6) is 0 Å². The third-order valence-corrected chi connectivity index (χ3v) is 1.51. The van der Waals surface area contributed by atoms with Gasteiger partial charge < -0.3 is 20.4 Å². The Kier molecular flexibility index (Phi) is 23.6. The predicted molar refractivity (Wildman–Crippen MR) is 82.1 cm³/mol. The largest absolute Gasteiger partial charge is 0.512 e. The van der Waals surface area contributed by atoms with Crippen molar-refractivity contribution < 1.29 is 47.1 Å². The first-order chi connectivity index (χ1) is 9.38. The van der Waals surface area contributed by atoms with Crippen LogP contribution < -0.4 is 0 Å². The van der Waals surface area contributed by atoms with Gasteiger partial charge in [0.15, 0.2) is 11.6 Å². The van der Waals surface area contributed by atoms with Gasteiger partial charge in [-0.15, -0.1) is 0 Å². The molecule has 0 aromatic heterocycles. The first-order valence-electron chi connectivity index (χ1n) is 6.50. The molecule has 132 valence electrons. The minimum atomic E-state index is -0.375. The first-order valence-corrected chi connectivity index (χ1v) is 6.50. The van der Waals surface area contributed by atoms with Gasteiger partial charge in [0, 0.05) is 29.2 Å². The molecule has 0 fully saturated rings. The molecule has 0 aliphatic rings. The van der Waals surface area contributed by atoms with E-state index < -0.39 is 0 Å². The Bertz CT molecular complexity index is 317. The molecule has 6 nitrogen and oxygen atoms in total. The van der Waals surface area contributed by atoms with E-state index in [1.807, 2.05) is 0 Å². The summed E-state index contributed by atoms with van der Waals surface area (Å²) >= 11 is 0. The topological polar surface area (TPSA) is 115 Å². The van der Waals surface area contributed by atoms with Gasteiger partial charge in [-0.25, -0.2) is 0 Å². The maximum atomic E-state index is 10.0. The Morgan fingerprint density at radius 2 is 1.05 bits per heavy atom. The molecule has 0 saturated heterocycles. The second kappa shape index (κ2) is 17.9. The Hall–Kier alpha value is -1.14. The van der Waals surface area contributed by atoms with Crippen molar-refractivity contribution in [1.29, 1.82) is 0 Å². The van der Waals surface area contributed by atoms with Crippen LogP contribution in [0.25, 0.3) is 0 Å². The molecule has 0 amide bonds. The van der Waals surface area contributed by atoms with Gasteiger partial charge in [-0.2, -0.15) is 0 Å². The van der Waals surface area contributed by atoms with E-state index in [-0.39, 0.29) is 52.4 Å². The van der Waals surface area contributed by atoms with Crippen LogP contribution in [0.1, 0.15) is 48.0 Å². The summed E-state index contributed by atoms with van der Waals surface area (Å²) in [5, 5.41) is 33.9. The van der Waals surface area contributed by atoms with Crippen LogP contribution >= 0.6 is 0 Å². The Morgan fingerprint density at radius 1 is 0.818 bits per heavy atom. The fourth-order valence-corrected chi connectivity index (χ4v) is 1.08. The van der Waals surface area contributed by atoms with Crippen LogP contribution in [-0.2, 0) is 26.7 Å². The number of aliphatic hydroxyl groups is 4. The van der Waals surface area contributed by atoms with Gasteiger partial charge in [0.2, 0.25) is 0 Å². The quantitative estimate of drug-likeness (QED) is 0.347. The molecule has 0 aliphatic heterocycles. The molecule has 0 spiro atoms. The zero-order valence-electron chi connectivity index (χ0n) is 14.0. The van der Waals surface area contributed by atoms with E-state index in [0.717, 1.165) is 0 Å². The fraction of sp³-hybridized carbons (Fsp3) is 0.600. The molecular weight excluding hydrogens is 332 g/mol. The molecule has 7 heteroatoms. The maximum Gasteiger partial charge on any atom is 0.155 e. The van der Waals surface area contributed by atoms with Crippen LogP contribution in [0.3, 0.4) is 0 Å². The van der Waals surface area contributed by atoms with E-state index in [0.29, 0.717) is 6.42 Å². The van der Waals surface area contributed by atoms with Crippen molar-refractivity contribution in [2.45, 2.75) is 60.2 Å². The number of carbonyl (C=O) groups excluding carboxylic acids is 2. The zero-order valence-corrected chi connectivity index (χ0v) is 15.1. The van der Waals surface area contributed by atoms with Crippen molar-refractivity contribution in [2.75, 3.05) is 0 Å². The Morgan fingerprint density at radius 3 is 1.05 bits per heavy atom. The normalized spacial score (nSPS) is 13.3. The van der Waals surface area contributed by atoms with Gasteiger partial charge in [0.1, 0.15) is 0 Å². The molecule has 0 aromatic rings. The summed E-state index contributed by atoms with van der Waals surface area (Å²) in [7, 11) is 0. The molecule has 0 heterocycles. The summed E-state index contributed by atoms with van der Waals surface area (Å²) in [5.41, 5.74) is 0. The van der Waals surface area contributed by atoms with Crippen LogP contribution in [-0.4, -0.2) is 44.2 Å². The summed E-state index contributed by atoms with van der Waals surface area (Å²) in [6.45, 7) is 9.02. The molecule has 2 atom stereocenters. The van der Waals surface area contributed by atoms with E-state index in [9.17, 15) is 9.59 Å². The van der Waals surface area contributed by atoms with Gasteiger partial charge in [-0.1, -0.05) is 0 Å². The summed E-state index contributed by atoms with van der Waals surface area (Å²) in [6.07, 6.45) is 2.06. The van der Waals surface area contributed by atoms with Crippen molar-refractivity contribution in [2.24, 2.45) is 0 Å². The summed E-state index contributed by atoms with van der Waals surface area (Å²) in [6, 6.07) is 0. The van der Waals surface area contributed by atoms with Crippen molar-refractivity contribution in [1.82, 2.24) is 0 Å². The van der Waals surface area contributed by atoms with Gasteiger partial charge in [-0.3, -0.25) is 9.59 Å². The van der Waals surface area contributed by atoms with Crippen LogP contribution in [0.15, 0.2) is 23.7 Å². The van der Waals surface area contributed by atoms with E-state index in [1.165, 1.54) is 39.8 Å². The van der Waals surface area contributed by atoms with Crippen molar-refractivity contribution in [3.8, 4) is 0 Å². The minimum Gasteiger partial charge on any atom is -0.512 e. The molecule has 0 aliphatic carbocycles. The number of ketones is 2. The molecule has 0 bridgehead atoms. The summed E-state index contributed by atoms with van der Waals surface area (Å²) < 4.78 is 0. The van der Waals surface area contributed by atoms with Gasteiger partial charge in [-0.05, 0) is 48.0 Å². The molecule has 0 saturated carbocycles. The number of rotatable bonds is 4. The molecule has 0 aromatic carbocycles. The number of hydrogen-bond donors (Lipinski definition) is 4. The number of carbonyl (C=O) groups is 2. The Balaban J connectivity index is -0.000000108. The third kappa shape index (κ3) is 51.0. The molecular formula is C15H28FeO6. The summed E-state index contributed by atoms with van der Waals surface area (Å²) in [5.74, 6) is -0.125. The maximum absolute atomic E-state index is 10.0. The van der Waals surface area contributed by atoms with Crippen molar-refractivity contribution in [3.63, 3.8) is 0 Å². The SMILES string of the molecule is CC(=O)/C=C(/C)O.CC(=O)/C=C(/C)O.CC(O)CC(C)O.[Fe].